The summed E-state index contributed by atoms with van der Waals surface area (Å²) in [6.45, 7) is 0. The minimum absolute atomic E-state index is 0.556. The molecule has 0 fully saturated rings. The lowest BCUT2D eigenvalue weighted by Crippen LogP contribution is -1.98. The first-order valence-corrected chi connectivity index (χ1v) is 8.65. The Morgan fingerprint density at radius 3 is 2.44 bits per heavy atom. The minimum Gasteiger partial charge on any atom is -0.537 e. The normalized spacial score (nSPS) is 11.9. The number of furan rings is 2. The van der Waals surface area contributed by atoms with Gasteiger partial charge in [0, 0.05) is 26.9 Å². The first-order chi connectivity index (χ1) is 13.3. The standard InChI is InChI=1S/C22H12BO4/c24-23-27-13-6-8-20-18(10-13)15-7-5-12-9-17-14-3-1-2-4-19(14)25-21(17)11-16(12)22(15)26-20/h1-11,24H. The molecule has 2 heterocycles. The highest BCUT2D eigenvalue weighted by Gasteiger charge is 2.14. The van der Waals surface area contributed by atoms with Gasteiger partial charge in [-0.3, -0.25) is 0 Å². The van der Waals surface area contributed by atoms with E-state index in [4.69, 9.17) is 18.5 Å². The summed E-state index contributed by atoms with van der Waals surface area (Å²) in [4.78, 5) is 0. The van der Waals surface area contributed by atoms with E-state index in [1.54, 1.807) is 6.07 Å². The Morgan fingerprint density at radius 1 is 0.667 bits per heavy atom. The summed E-state index contributed by atoms with van der Waals surface area (Å²) in [5.41, 5.74) is 3.31. The minimum atomic E-state index is 0.556. The molecule has 0 aliphatic heterocycles. The van der Waals surface area contributed by atoms with E-state index in [1.807, 2.05) is 36.4 Å². The van der Waals surface area contributed by atoms with Crippen molar-refractivity contribution < 1.29 is 18.5 Å². The van der Waals surface area contributed by atoms with Crippen molar-refractivity contribution in [2.24, 2.45) is 0 Å². The second-order valence-corrected chi connectivity index (χ2v) is 6.59. The monoisotopic (exact) mass is 351 g/mol. The van der Waals surface area contributed by atoms with Gasteiger partial charge in [0.05, 0.1) is 0 Å². The molecule has 6 aromatic rings. The van der Waals surface area contributed by atoms with E-state index in [9.17, 15) is 0 Å². The lowest BCUT2D eigenvalue weighted by atomic mass is 10.0. The third-order valence-corrected chi connectivity index (χ3v) is 5.11. The number of fused-ring (bicyclic) bond motifs is 8. The Bertz CT molecular complexity index is 1490. The number of hydrogen-bond donors (Lipinski definition) is 1. The van der Waals surface area contributed by atoms with Gasteiger partial charge in [-0.05, 0) is 47.9 Å². The first kappa shape index (κ1) is 14.7. The van der Waals surface area contributed by atoms with Crippen LogP contribution in [-0.4, -0.2) is 12.7 Å². The van der Waals surface area contributed by atoms with Crippen molar-refractivity contribution in [3.63, 3.8) is 0 Å². The molecule has 6 rings (SSSR count). The van der Waals surface area contributed by atoms with Crippen LogP contribution in [0, 0.1) is 0 Å². The van der Waals surface area contributed by atoms with E-state index in [0.717, 1.165) is 54.6 Å². The van der Waals surface area contributed by atoms with Crippen molar-refractivity contribution in [3.8, 4) is 5.75 Å². The fraction of sp³-hybridized carbons (Fsp3) is 0. The van der Waals surface area contributed by atoms with Crippen LogP contribution in [-0.2, 0) is 0 Å². The van der Waals surface area contributed by atoms with Crippen LogP contribution in [0.1, 0.15) is 0 Å². The van der Waals surface area contributed by atoms with Crippen molar-refractivity contribution in [2.45, 2.75) is 0 Å². The van der Waals surface area contributed by atoms with Crippen LogP contribution in [0.3, 0.4) is 0 Å². The van der Waals surface area contributed by atoms with Gasteiger partial charge >= 0.3 is 7.69 Å². The molecular weight excluding hydrogens is 339 g/mol. The fourth-order valence-corrected chi connectivity index (χ4v) is 3.89. The SMILES string of the molecule is O[B]Oc1ccc2oc3c4cc5oc6ccccc6c5cc4ccc3c2c1. The number of para-hydroxylation sites is 1. The van der Waals surface area contributed by atoms with Crippen molar-refractivity contribution in [2.75, 3.05) is 0 Å². The molecule has 1 N–H and O–H groups in total. The highest BCUT2D eigenvalue weighted by atomic mass is 16.5. The average Bonchev–Trinajstić information content (AvgIpc) is 3.24. The Hall–Kier alpha value is -3.44. The lowest BCUT2D eigenvalue weighted by Gasteiger charge is -2.00. The number of benzene rings is 4. The molecule has 0 bridgehead atoms. The lowest BCUT2D eigenvalue weighted by molar-refractivity contribution is 0.454. The molecule has 0 aliphatic carbocycles. The summed E-state index contributed by atoms with van der Waals surface area (Å²) in [7, 11) is 0.678. The Labute approximate surface area is 153 Å². The molecule has 0 aliphatic rings. The van der Waals surface area contributed by atoms with E-state index in [-0.39, 0.29) is 0 Å². The quantitative estimate of drug-likeness (QED) is 0.416. The van der Waals surface area contributed by atoms with Gasteiger partial charge in [-0.25, -0.2) is 0 Å². The molecule has 27 heavy (non-hydrogen) atoms. The van der Waals surface area contributed by atoms with Crippen LogP contribution >= 0.6 is 0 Å². The molecule has 1 radical (unpaired) electrons. The van der Waals surface area contributed by atoms with Gasteiger partial charge in [-0.1, -0.05) is 24.3 Å². The van der Waals surface area contributed by atoms with Gasteiger partial charge in [-0.15, -0.1) is 0 Å². The fourth-order valence-electron chi connectivity index (χ4n) is 3.89. The van der Waals surface area contributed by atoms with Gasteiger partial charge in [0.2, 0.25) is 0 Å². The van der Waals surface area contributed by atoms with Crippen LogP contribution in [0.15, 0.2) is 75.6 Å². The molecule has 127 valence electrons. The number of rotatable bonds is 2. The predicted molar refractivity (Wildman–Crippen MR) is 107 cm³/mol. The second kappa shape index (κ2) is 5.28. The highest BCUT2D eigenvalue weighted by Crippen LogP contribution is 2.38. The van der Waals surface area contributed by atoms with Crippen LogP contribution < -0.4 is 4.65 Å². The van der Waals surface area contributed by atoms with Crippen molar-refractivity contribution in [3.05, 3.63) is 66.7 Å². The van der Waals surface area contributed by atoms with Crippen molar-refractivity contribution in [1.29, 1.82) is 0 Å². The smallest absolute Gasteiger partial charge is 0.537 e. The molecule has 0 saturated carbocycles. The van der Waals surface area contributed by atoms with Gasteiger partial charge in [0.1, 0.15) is 28.1 Å². The maximum absolute atomic E-state index is 8.88. The molecule has 0 atom stereocenters. The summed E-state index contributed by atoms with van der Waals surface area (Å²) in [5, 5.41) is 15.1. The van der Waals surface area contributed by atoms with Crippen LogP contribution in [0.25, 0.3) is 54.6 Å². The molecule has 4 nitrogen and oxygen atoms in total. The van der Waals surface area contributed by atoms with Gasteiger partial charge in [0.15, 0.2) is 0 Å². The third-order valence-electron chi connectivity index (χ3n) is 5.11. The zero-order valence-corrected chi connectivity index (χ0v) is 14.1. The maximum Gasteiger partial charge on any atom is 0.569 e. The number of hydrogen-bond acceptors (Lipinski definition) is 4. The van der Waals surface area contributed by atoms with Crippen LogP contribution in [0.4, 0.5) is 0 Å². The highest BCUT2D eigenvalue weighted by molar-refractivity contribution is 6.20. The molecule has 0 spiro atoms. The Morgan fingerprint density at radius 2 is 1.52 bits per heavy atom. The molecule has 4 aromatic carbocycles. The maximum atomic E-state index is 8.88. The zero-order chi connectivity index (χ0) is 18.0. The summed E-state index contributed by atoms with van der Waals surface area (Å²) >= 11 is 0. The predicted octanol–water partition coefficient (Wildman–Crippen LogP) is 5.54. The summed E-state index contributed by atoms with van der Waals surface area (Å²) in [6.07, 6.45) is 0. The van der Waals surface area contributed by atoms with Gasteiger partial charge < -0.3 is 18.5 Å². The van der Waals surface area contributed by atoms with Crippen molar-refractivity contribution in [1.82, 2.24) is 0 Å². The largest absolute Gasteiger partial charge is 0.569 e. The zero-order valence-electron chi connectivity index (χ0n) is 14.1. The summed E-state index contributed by atoms with van der Waals surface area (Å²) in [6, 6.07) is 21.9. The summed E-state index contributed by atoms with van der Waals surface area (Å²) in [5.74, 6) is 0.556. The van der Waals surface area contributed by atoms with E-state index in [0.29, 0.717) is 13.4 Å². The molecule has 0 saturated heterocycles. The Kier molecular flexibility index (Phi) is 2.88. The van der Waals surface area contributed by atoms with Gasteiger partial charge in [-0.2, -0.15) is 0 Å². The summed E-state index contributed by atoms with van der Waals surface area (Å²) < 4.78 is 17.3. The van der Waals surface area contributed by atoms with E-state index < -0.39 is 0 Å². The molecule has 5 heteroatoms. The first-order valence-electron chi connectivity index (χ1n) is 8.65. The van der Waals surface area contributed by atoms with E-state index in [1.165, 1.54) is 0 Å². The van der Waals surface area contributed by atoms with Crippen molar-refractivity contribution >= 4 is 62.3 Å². The average molecular weight is 351 g/mol. The van der Waals surface area contributed by atoms with E-state index in [2.05, 4.69) is 24.3 Å². The van der Waals surface area contributed by atoms with Crippen LogP contribution in [0.5, 0.6) is 5.75 Å². The van der Waals surface area contributed by atoms with E-state index >= 15 is 0 Å². The second-order valence-electron chi connectivity index (χ2n) is 6.59. The molecular formula is C22H12BO4. The third kappa shape index (κ3) is 2.03. The van der Waals surface area contributed by atoms with Gasteiger partial charge in [0.25, 0.3) is 0 Å². The topological polar surface area (TPSA) is 55.7 Å². The molecule has 0 amide bonds. The Balaban J connectivity index is 1.72. The molecule has 0 unspecified atom stereocenters. The van der Waals surface area contributed by atoms with Crippen LogP contribution in [0.2, 0.25) is 0 Å². The molecule has 2 aromatic heterocycles.